The van der Waals surface area contributed by atoms with Gasteiger partial charge in [0.1, 0.15) is 5.82 Å². The minimum absolute atomic E-state index is 0.00573. The van der Waals surface area contributed by atoms with E-state index in [2.05, 4.69) is 15.9 Å². The molecule has 2 rings (SSSR count). The molecule has 0 spiro atoms. The first-order valence-corrected chi connectivity index (χ1v) is 7.16. The monoisotopic (exact) mass is 325 g/mol. The second-order valence-electron chi connectivity index (χ2n) is 4.01. The molecule has 0 aromatic heterocycles. The average molecular weight is 326 g/mol. The van der Waals surface area contributed by atoms with Crippen LogP contribution in [0.1, 0.15) is 18.5 Å². The summed E-state index contributed by atoms with van der Waals surface area (Å²) in [7, 11) is 0. The van der Waals surface area contributed by atoms with E-state index < -0.39 is 0 Å². The van der Waals surface area contributed by atoms with Crippen LogP contribution in [0.4, 0.5) is 4.39 Å². The minimum atomic E-state index is -0.203. The molecular formula is C14H13BrFNS. The molecule has 0 radical (unpaired) electrons. The van der Waals surface area contributed by atoms with Crippen LogP contribution in [-0.2, 0) is 0 Å². The molecule has 0 aliphatic rings. The van der Waals surface area contributed by atoms with E-state index in [1.54, 1.807) is 12.1 Å². The zero-order chi connectivity index (χ0) is 13.1. The van der Waals surface area contributed by atoms with E-state index in [0.29, 0.717) is 4.90 Å². The first-order chi connectivity index (χ1) is 8.58. The molecule has 0 saturated carbocycles. The van der Waals surface area contributed by atoms with Crippen molar-refractivity contribution in [2.45, 2.75) is 22.8 Å². The molecule has 1 nitrogen and oxygen atoms in total. The van der Waals surface area contributed by atoms with Crippen LogP contribution in [-0.4, -0.2) is 0 Å². The molecule has 0 aliphatic heterocycles. The first-order valence-electron chi connectivity index (χ1n) is 5.55. The van der Waals surface area contributed by atoms with E-state index in [-0.39, 0.29) is 11.9 Å². The minimum Gasteiger partial charge on any atom is -0.324 e. The predicted octanol–water partition coefficient (Wildman–Crippen LogP) is 4.76. The van der Waals surface area contributed by atoms with Crippen molar-refractivity contribution in [1.82, 2.24) is 0 Å². The number of hydrogen-bond donors (Lipinski definition) is 1. The summed E-state index contributed by atoms with van der Waals surface area (Å²) in [5.41, 5.74) is 6.88. The third kappa shape index (κ3) is 3.13. The fourth-order valence-electron chi connectivity index (χ4n) is 1.53. The molecule has 1 atom stereocenters. The maximum absolute atomic E-state index is 13.6. The SMILES string of the molecule is C[C@H](N)c1ccc(Sc2ccccc2F)c(Br)c1. The Morgan fingerprint density at radius 3 is 2.50 bits per heavy atom. The summed E-state index contributed by atoms with van der Waals surface area (Å²) < 4.78 is 14.5. The van der Waals surface area contributed by atoms with Gasteiger partial charge in [-0.3, -0.25) is 0 Å². The summed E-state index contributed by atoms with van der Waals surface area (Å²) in [6.07, 6.45) is 0. The van der Waals surface area contributed by atoms with Gasteiger partial charge in [0.15, 0.2) is 0 Å². The van der Waals surface area contributed by atoms with Gasteiger partial charge in [0.25, 0.3) is 0 Å². The normalized spacial score (nSPS) is 12.4. The van der Waals surface area contributed by atoms with Crippen LogP contribution < -0.4 is 5.73 Å². The highest BCUT2D eigenvalue weighted by Crippen LogP contribution is 2.35. The molecule has 0 heterocycles. The molecule has 18 heavy (non-hydrogen) atoms. The maximum Gasteiger partial charge on any atom is 0.137 e. The van der Waals surface area contributed by atoms with Gasteiger partial charge in [-0.05, 0) is 52.7 Å². The van der Waals surface area contributed by atoms with Gasteiger partial charge in [0, 0.05) is 20.3 Å². The van der Waals surface area contributed by atoms with Gasteiger partial charge in [-0.25, -0.2) is 4.39 Å². The van der Waals surface area contributed by atoms with Crippen molar-refractivity contribution in [3.05, 3.63) is 58.3 Å². The lowest BCUT2D eigenvalue weighted by atomic mass is 10.1. The lowest BCUT2D eigenvalue weighted by molar-refractivity contribution is 0.602. The third-order valence-corrected chi connectivity index (χ3v) is 4.58. The molecule has 0 saturated heterocycles. The third-order valence-electron chi connectivity index (χ3n) is 2.54. The summed E-state index contributed by atoms with van der Waals surface area (Å²) in [5, 5.41) is 0. The van der Waals surface area contributed by atoms with Crippen LogP contribution in [0.3, 0.4) is 0 Å². The molecule has 0 unspecified atom stereocenters. The summed E-state index contributed by atoms with van der Waals surface area (Å²) in [6, 6.07) is 12.7. The van der Waals surface area contributed by atoms with Crippen LogP contribution in [0.5, 0.6) is 0 Å². The Morgan fingerprint density at radius 2 is 1.89 bits per heavy atom. The largest absolute Gasteiger partial charge is 0.324 e. The van der Waals surface area contributed by atoms with Crippen molar-refractivity contribution in [3.8, 4) is 0 Å². The smallest absolute Gasteiger partial charge is 0.137 e. The molecular weight excluding hydrogens is 313 g/mol. The second kappa shape index (κ2) is 5.87. The maximum atomic E-state index is 13.6. The zero-order valence-corrected chi connectivity index (χ0v) is 12.3. The molecule has 4 heteroatoms. The molecule has 0 bridgehead atoms. The van der Waals surface area contributed by atoms with E-state index in [4.69, 9.17) is 5.73 Å². The van der Waals surface area contributed by atoms with Crippen molar-refractivity contribution >= 4 is 27.7 Å². The lowest BCUT2D eigenvalue weighted by Crippen LogP contribution is -2.04. The zero-order valence-electron chi connectivity index (χ0n) is 9.86. The Labute approximate surface area is 119 Å². The summed E-state index contributed by atoms with van der Waals surface area (Å²) in [5.74, 6) is -0.203. The van der Waals surface area contributed by atoms with E-state index >= 15 is 0 Å². The number of rotatable bonds is 3. The average Bonchev–Trinajstić information content (AvgIpc) is 2.34. The fourth-order valence-corrected chi connectivity index (χ4v) is 3.01. The van der Waals surface area contributed by atoms with Gasteiger partial charge < -0.3 is 5.73 Å². The van der Waals surface area contributed by atoms with E-state index in [9.17, 15) is 4.39 Å². The van der Waals surface area contributed by atoms with Crippen LogP contribution in [0.2, 0.25) is 0 Å². The fraction of sp³-hybridized carbons (Fsp3) is 0.143. The molecule has 0 fully saturated rings. The highest BCUT2D eigenvalue weighted by molar-refractivity contribution is 9.10. The standard InChI is InChI=1S/C14H13BrFNS/c1-9(17)10-6-7-13(11(15)8-10)18-14-5-3-2-4-12(14)16/h2-9H,17H2,1H3/t9-/m0/s1. The number of halogens is 2. The van der Waals surface area contributed by atoms with Crippen molar-refractivity contribution in [1.29, 1.82) is 0 Å². The van der Waals surface area contributed by atoms with E-state index in [1.807, 2.05) is 31.2 Å². The van der Waals surface area contributed by atoms with Crippen molar-refractivity contribution < 1.29 is 4.39 Å². The molecule has 0 aliphatic carbocycles. The first kappa shape index (κ1) is 13.6. The number of nitrogens with two attached hydrogens (primary N) is 1. The van der Waals surface area contributed by atoms with Crippen molar-refractivity contribution in [2.24, 2.45) is 5.73 Å². The molecule has 94 valence electrons. The molecule has 0 amide bonds. The topological polar surface area (TPSA) is 26.0 Å². The Hall–Kier alpha value is -0.840. The van der Waals surface area contributed by atoms with Gasteiger partial charge in [-0.2, -0.15) is 0 Å². The lowest BCUT2D eigenvalue weighted by Gasteiger charge is -2.10. The highest BCUT2D eigenvalue weighted by atomic mass is 79.9. The quantitative estimate of drug-likeness (QED) is 0.880. The number of hydrogen-bond acceptors (Lipinski definition) is 2. The molecule has 2 aromatic rings. The van der Waals surface area contributed by atoms with Crippen LogP contribution in [0.25, 0.3) is 0 Å². The summed E-state index contributed by atoms with van der Waals surface area (Å²) in [4.78, 5) is 1.59. The highest BCUT2D eigenvalue weighted by Gasteiger charge is 2.08. The van der Waals surface area contributed by atoms with Gasteiger partial charge in [0.05, 0.1) is 0 Å². The Morgan fingerprint density at radius 1 is 1.17 bits per heavy atom. The van der Waals surface area contributed by atoms with Gasteiger partial charge in [0.2, 0.25) is 0 Å². The summed E-state index contributed by atoms with van der Waals surface area (Å²) >= 11 is 4.90. The second-order valence-corrected chi connectivity index (χ2v) is 5.95. The predicted molar refractivity (Wildman–Crippen MR) is 77.3 cm³/mol. The van der Waals surface area contributed by atoms with Crippen LogP contribution >= 0.6 is 27.7 Å². The summed E-state index contributed by atoms with van der Waals surface area (Å²) in [6.45, 7) is 1.94. The van der Waals surface area contributed by atoms with Gasteiger partial charge in [-0.15, -0.1) is 0 Å². The van der Waals surface area contributed by atoms with Crippen LogP contribution in [0, 0.1) is 5.82 Å². The van der Waals surface area contributed by atoms with Gasteiger partial charge >= 0.3 is 0 Å². The van der Waals surface area contributed by atoms with E-state index in [1.165, 1.54) is 17.8 Å². The molecule has 2 N–H and O–H groups in total. The van der Waals surface area contributed by atoms with Crippen LogP contribution in [0.15, 0.2) is 56.7 Å². The Bertz CT molecular complexity index is 557. The Balaban J connectivity index is 2.28. The number of benzene rings is 2. The van der Waals surface area contributed by atoms with Crippen molar-refractivity contribution in [2.75, 3.05) is 0 Å². The molecule has 2 aromatic carbocycles. The van der Waals surface area contributed by atoms with Gasteiger partial charge in [-0.1, -0.05) is 30.0 Å². The Kier molecular flexibility index (Phi) is 4.43. The van der Waals surface area contributed by atoms with Crippen molar-refractivity contribution in [3.63, 3.8) is 0 Å². The van der Waals surface area contributed by atoms with E-state index in [0.717, 1.165) is 14.9 Å².